The zero-order valence-electron chi connectivity index (χ0n) is 18.5. The third-order valence-electron chi connectivity index (χ3n) is 6.27. The van der Waals surface area contributed by atoms with E-state index >= 15 is 0 Å². The van der Waals surface area contributed by atoms with E-state index in [2.05, 4.69) is 10.2 Å². The van der Waals surface area contributed by atoms with Crippen molar-refractivity contribution in [3.8, 4) is 11.5 Å². The van der Waals surface area contributed by atoms with Gasteiger partial charge in [-0.25, -0.2) is 8.78 Å². The van der Waals surface area contributed by atoms with Gasteiger partial charge in [0.1, 0.15) is 11.6 Å². The van der Waals surface area contributed by atoms with Crippen LogP contribution >= 0.6 is 0 Å². The Morgan fingerprint density at radius 3 is 2.50 bits per heavy atom. The summed E-state index contributed by atoms with van der Waals surface area (Å²) >= 11 is 0. The molecule has 3 aromatic carbocycles. The molecule has 3 aromatic rings. The Balaban J connectivity index is 1.33. The highest BCUT2D eigenvalue weighted by Gasteiger charge is 2.28. The van der Waals surface area contributed by atoms with Gasteiger partial charge < -0.3 is 19.7 Å². The van der Waals surface area contributed by atoms with Crippen LogP contribution in [0.5, 0.6) is 11.5 Å². The van der Waals surface area contributed by atoms with Crippen molar-refractivity contribution >= 4 is 11.6 Å². The number of nitrogens with one attached hydrogen (secondary N) is 1. The monoisotopic (exact) mass is 465 g/mol. The Morgan fingerprint density at radius 1 is 0.912 bits per heavy atom. The minimum absolute atomic E-state index is 0.144. The maximum absolute atomic E-state index is 14.3. The third kappa shape index (κ3) is 4.68. The highest BCUT2D eigenvalue weighted by molar-refractivity contribution is 5.94. The number of hydrogen-bond acceptors (Lipinski definition) is 5. The third-order valence-corrected chi connectivity index (χ3v) is 6.27. The highest BCUT2D eigenvalue weighted by Crippen LogP contribution is 2.36. The molecule has 1 N–H and O–H groups in total. The molecule has 1 fully saturated rings. The van der Waals surface area contributed by atoms with E-state index in [0.717, 1.165) is 5.56 Å². The Labute approximate surface area is 196 Å². The van der Waals surface area contributed by atoms with Crippen molar-refractivity contribution in [2.24, 2.45) is 0 Å². The minimum Gasteiger partial charge on any atom is -0.454 e. The fourth-order valence-electron chi connectivity index (χ4n) is 4.48. The van der Waals surface area contributed by atoms with Crippen LogP contribution in [0.3, 0.4) is 0 Å². The first-order chi connectivity index (χ1) is 16.6. The van der Waals surface area contributed by atoms with E-state index in [-0.39, 0.29) is 30.1 Å². The molecule has 0 radical (unpaired) electrons. The number of benzene rings is 3. The van der Waals surface area contributed by atoms with Gasteiger partial charge in [-0.05, 0) is 48.0 Å². The van der Waals surface area contributed by atoms with Gasteiger partial charge in [0, 0.05) is 38.3 Å². The molecule has 0 spiro atoms. The second kappa shape index (κ2) is 9.69. The van der Waals surface area contributed by atoms with Crippen LogP contribution in [0, 0.1) is 11.6 Å². The SMILES string of the molecule is O=C(NC[C@H](c1ccc2c(c1)OCO2)N1CCN(c2ccccc2F)CC1)c1cccc(F)c1. The number of halogens is 2. The molecule has 2 heterocycles. The summed E-state index contributed by atoms with van der Waals surface area (Å²) in [5.74, 6) is 0.338. The zero-order chi connectivity index (χ0) is 23.5. The Morgan fingerprint density at radius 2 is 1.71 bits per heavy atom. The van der Waals surface area contributed by atoms with Gasteiger partial charge in [-0.2, -0.15) is 0 Å². The second-order valence-corrected chi connectivity index (χ2v) is 8.32. The molecule has 0 saturated carbocycles. The van der Waals surface area contributed by atoms with Crippen molar-refractivity contribution in [2.75, 3.05) is 44.4 Å². The first-order valence-corrected chi connectivity index (χ1v) is 11.3. The number of fused-ring (bicyclic) bond motifs is 1. The molecule has 176 valence electrons. The predicted molar refractivity (Wildman–Crippen MR) is 124 cm³/mol. The standard InChI is InChI=1S/C26H25F2N3O3/c27-20-5-3-4-19(14-20)26(32)29-16-23(18-8-9-24-25(15-18)34-17-33-24)31-12-10-30(11-13-31)22-7-2-1-6-21(22)28/h1-9,14-15,23H,10-13,16-17H2,(H,29,32)/t23-/m1/s1. The summed E-state index contributed by atoms with van der Waals surface area (Å²) in [6.07, 6.45) is 0. The number of hydrogen-bond donors (Lipinski definition) is 1. The molecule has 0 unspecified atom stereocenters. The number of rotatable bonds is 6. The van der Waals surface area contributed by atoms with E-state index in [4.69, 9.17) is 9.47 Å². The van der Waals surface area contributed by atoms with Crippen molar-refractivity contribution in [3.63, 3.8) is 0 Å². The van der Waals surface area contributed by atoms with Crippen LogP contribution in [0.15, 0.2) is 66.7 Å². The molecule has 0 aliphatic carbocycles. The van der Waals surface area contributed by atoms with Crippen LogP contribution in [0.1, 0.15) is 22.0 Å². The van der Waals surface area contributed by atoms with E-state index in [0.29, 0.717) is 49.9 Å². The maximum atomic E-state index is 14.3. The molecule has 6 nitrogen and oxygen atoms in total. The van der Waals surface area contributed by atoms with Crippen LogP contribution in [0.2, 0.25) is 0 Å². The lowest BCUT2D eigenvalue weighted by atomic mass is 10.0. The Kier molecular flexibility index (Phi) is 6.31. The van der Waals surface area contributed by atoms with Gasteiger partial charge in [-0.3, -0.25) is 9.69 Å². The molecule has 2 aliphatic heterocycles. The zero-order valence-corrected chi connectivity index (χ0v) is 18.5. The molecule has 1 atom stereocenters. The molecule has 0 aromatic heterocycles. The van der Waals surface area contributed by atoms with Crippen LogP contribution in [-0.4, -0.2) is 50.3 Å². The predicted octanol–water partition coefficient (Wildman–Crippen LogP) is 3.99. The number of carbonyl (C=O) groups excluding carboxylic acids is 1. The molecule has 8 heteroatoms. The van der Waals surface area contributed by atoms with Crippen LogP contribution in [0.25, 0.3) is 0 Å². The maximum Gasteiger partial charge on any atom is 0.251 e. The van der Waals surface area contributed by atoms with Crippen molar-refractivity contribution in [2.45, 2.75) is 6.04 Å². The average Bonchev–Trinajstić information content (AvgIpc) is 3.33. The van der Waals surface area contributed by atoms with Gasteiger partial charge in [0.2, 0.25) is 6.79 Å². The van der Waals surface area contributed by atoms with Gasteiger partial charge in [-0.1, -0.05) is 24.3 Å². The van der Waals surface area contributed by atoms with E-state index in [1.54, 1.807) is 18.2 Å². The summed E-state index contributed by atoms with van der Waals surface area (Å²) < 4.78 is 38.8. The fourth-order valence-corrected chi connectivity index (χ4v) is 4.48. The summed E-state index contributed by atoms with van der Waals surface area (Å²) in [5, 5.41) is 2.95. The van der Waals surface area contributed by atoms with Gasteiger partial charge >= 0.3 is 0 Å². The lowest BCUT2D eigenvalue weighted by Gasteiger charge is -2.40. The van der Waals surface area contributed by atoms with E-state index in [1.165, 1.54) is 24.3 Å². The summed E-state index contributed by atoms with van der Waals surface area (Å²) in [6.45, 7) is 3.18. The molecule has 0 bridgehead atoms. The normalized spacial score (nSPS) is 16.4. The quantitative estimate of drug-likeness (QED) is 0.597. The van der Waals surface area contributed by atoms with Crippen LogP contribution in [0.4, 0.5) is 14.5 Å². The molecule has 2 aliphatic rings. The Bertz CT molecular complexity index is 1180. The molecule has 5 rings (SSSR count). The van der Waals surface area contributed by atoms with E-state index in [1.807, 2.05) is 29.2 Å². The van der Waals surface area contributed by atoms with Crippen molar-refractivity contribution < 1.29 is 23.0 Å². The molecular weight excluding hydrogens is 440 g/mol. The summed E-state index contributed by atoms with van der Waals surface area (Å²) in [6, 6.07) is 18.0. The lowest BCUT2D eigenvalue weighted by Crippen LogP contribution is -2.50. The summed E-state index contributed by atoms with van der Waals surface area (Å²) in [7, 11) is 0. The summed E-state index contributed by atoms with van der Waals surface area (Å²) in [5.41, 5.74) is 1.85. The summed E-state index contributed by atoms with van der Waals surface area (Å²) in [4.78, 5) is 17.0. The van der Waals surface area contributed by atoms with Gasteiger partial charge in [-0.15, -0.1) is 0 Å². The number of para-hydroxylation sites is 1. The topological polar surface area (TPSA) is 54.0 Å². The smallest absolute Gasteiger partial charge is 0.251 e. The van der Waals surface area contributed by atoms with Crippen LogP contribution in [-0.2, 0) is 0 Å². The minimum atomic E-state index is -0.454. The van der Waals surface area contributed by atoms with E-state index in [9.17, 15) is 13.6 Å². The first-order valence-electron chi connectivity index (χ1n) is 11.3. The number of anilines is 1. The van der Waals surface area contributed by atoms with E-state index < -0.39 is 5.82 Å². The van der Waals surface area contributed by atoms with Gasteiger partial charge in [0.05, 0.1) is 11.7 Å². The van der Waals surface area contributed by atoms with Crippen molar-refractivity contribution in [1.82, 2.24) is 10.2 Å². The fraction of sp³-hybridized carbons (Fsp3) is 0.269. The highest BCUT2D eigenvalue weighted by atomic mass is 19.1. The molecule has 34 heavy (non-hydrogen) atoms. The van der Waals surface area contributed by atoms with Gasteiger partial charge in [0.15, 0.2) is 11.5 Å². The first kappa shape index (κ1) is 22.2. The van der Waals surface area contributed by atoms with Crippen molar-refractivity contribution in [1.29, 1.82) is 0 Å². The Hall–Kier alpha value is -3.65. The number of carbonyl (C=O) groups is 1. The van der Waals surface area contributed by atoms with Crippen molar-refractivity contribution in [3.05, 3.63) is 89.5 Å². The number of nitrogens with zero attached hydrogens (tertiary/aromatic N) is 2. The number of ether oxygens (including phenoxy) is 2. The molecular formula is C26H25F2N3O3. The second-order valence-electron chi connectivity index (χ2n) is 8.32. The molecule has 1 amide bonds. The largest absolute Gasteiger partial charge is 0.454 e. The number of piperazine rings is 1. The van der Waals surface area contributed by atoms with Gasteiger partial charge in [0.25, 0.3) is 5.91 Å². The lowest BCUT2D eigenvalue weighted by molar-refractivity contribution is 0.0929. The average molecular weight is 466 g/mol. The number of amides is 1. The molecule has 1 saturated heterocycles. The van der Waals surface area contributed by atoms with Crippen LogP contribution < -0.4 is 19.7 Å².